The zero-order chi connectivity index (χ0) is 28.3. The fourth-order valence-electron chi connectivity index (χ4n) is 5.15. The standard InChI is InChI=1S/C33H31ClN2O3S/c1-22-20-30(18-19-32(22)35)40(38,39)36-33(37)27-12-10-25(11-13-27)24-8-6-23(7-9-24)21-28-4-2-3-5-31(28)26-14-16-29(34)17-15-26/h2-5,8,10-20,23H,6-7,9,21,35H2,1H3,(H,36,37). The van der Waals surface area contributed by atoms with Gasteiger partial charge < -0.3 is 5.73 Å². The van der Waals surface area contributed by atoms with Crippen LogP contribution in [-0.2, 0) is 16.4 Å². The number of rotatable bonds is 7. The molecule has 3 N–H and O–H groups in total. The van der Waals surface area contributed by atoms with Gasteiger partial charge in [0, 0.05) is 16.3 Å². The van der Waals surface area contributed by atoms with Crippen LogP contribution in [0.4, 0.5) is 5.69 Å². The van der Waals surface area contributed by atoms with Crippen molar-refractivity contribution in [3.05, 3.63) is 124 Å². The van der Waals surface area contributed by atoms with E-state index in [1.54, 1.807) is 19.1 Å². The Balaban J connectivity index is 1.23. The second-order valence-electron chi connectivity index (χ2n) is 10.3. The molecule has 5 nitrogen and oxygen atoms in total. The number of nitrogen functional groups attached to an aromatic ring is 1. The number of anilines is 1. The lowest BCUT2D eigenvalue weighted by Gasteiger charge is -2.23. The maximum absolute atomic E-state index is 12.7. The van der Waals surface area contributed by atoms with Gasteiger partial charge in [-0.25, -0.2) is 13.1 Å². The van der Waals surface area contributed by atoms with Crippen LogP contribution in [0.1, 0.15) is 46.3 Å². The van der Waals surface area contributed by atoms with Gasteiger partial charge in [0.2, 0.25) is 0 Å². The van der Waals surface area contributed by atoms with Crippen molar-refractivity contribution >= 4 is 38.8 Å². The van der Waals surface area contributed by atoms with Crippen molar-refractivity contribution in [3.8, 4) is 11.1 Å². The van der Waals surface area contributed by atoms with Gasteiger partial charge in [-0.05, 0) is 114 Å². The summed E-state index contributed by atoms with van der Waals surface area (Å²) in [4.78, 5) is 12.7. The van der Waals surface area contributed by atoms with Gasteiger partial charge in [0.1, 0.15) is 0 Å². The molecule has 4 aromatic rings. The number of nitrogens with one attached hydrogen (secondary N) is 1. The van der Waals surface area contributed by atoms with Crippen LogP contribution >= 0.6 is 11.6 Å². The molecule has 1 unspecified atom stereocenters. The summed E-state index contributed by atoms with van der Waals surface area (Å²) in [6.45, 7) is 1.72. The van der Waals surface area contributed by atoms with Gasteiger partial charge in [-0.3, -0.25) is 4.79 Å². The summed E-state index contributed by atoms with van der Waals surface area (Å²) in [5, 5.41) is 0.734. The molecule has 0 radical (unpaired) electrons. The second-order valence-corrected chi connectivity index (χ2v) is 12.4. The monoisotopic (exact) mass is 570 g/mol. The third-order valence-corrected chi connectivity index (χ3v) is 9.08. The molecule has 0 fully saturated rings. The van der Waals surface area contributed by atoms with Crippen LogP contribution in [0.25, 0.3) is 16.7 Å². The first-order valence-electron chi connectivity index (χ1n) is 13.3. The van der Waals surface area contributed by atoms with Crippen LogP contribution in [0, 0.1) is 12.8 Å². The van der Waals surface area contributed by atoms with Crippen molar-refractivity contribution < 1.29 is 13.2 Å². The zero-order valence-electron chi connectivity index (χ0n) is 22.2. The molecule has 0 saturated heterocycles. The highest BCUT2D eigenvalue weighted by Crippen LogP contribution is 2.34. The number of hydrogen-bond acceptors (Lipinski definition) is 4. The number of carbonyl (C=O) groups is 1. The Kier molecular flexibility index (Phi) is 8.10. The predicted octanol–water partition coefficient (Wildman–Crippen LogP) is 7.44. The normalized spacial score (nSPS) is 15.3. The fourth-order valence-corrected chi connectivity index (χ4v) is 6.33. The smallest absolute Gasteiger partial charge is 0.264 e. The minimum Gasteiger partial charge on any atom is -0.399 e. The quantitative estimate of drug-likeness (QED) is 0.226. The first kappa shape index (κ1) is 27.7. The van der Waals surface area contributed by atoms with E-state index in [0.717, 1.165) is 36.3 Å². The van der Waals surface area contributed by atoms with E-state index < -0.39 is 15.9 Å². The van der Waals surface area contributed by atoms with E-state index in [9.17, 15) is 13.2 Å². The molecule has 1 atom stereocenters. The molecule has 0 aromatic heterocycles. The number of amides is 1. The lowest BCUT2D eigenvalue weighted by Crippen LogP contribution is -2.30. The average Bonchev–Trinajstić information content (AvgIpc) is 2.95. The van der Waals surface area contributed by atoms with Crippen molar-refractivity contribution in [3.63, 3.8) is 0 Å². The molecule has 1 aliphatic carbocycles. The van der Waals surface area contributed by atoms with E-state index in [-0.39, 0.29) is 10.5 Å². The Labute approximate surface area is 240 Å². The summed E-state index contributed by atoms with van der Waals surface area (Å²) in [6, 6.07) is 28.0. The topological polar surface area (TPSA) is 89.3 Å². The molecule has 5 rings (SSSR count). The third-order valence-electron chi connectivity index (χ3n) is 7.50. The van der Waals surface area contributed by atoms with Crippen molar-refractivity contribution in [1.82, 2.24) is 4.72 Å². The molecule has 204 valence electrons. The van der Waals surface area contributed by atoms with E-state index in [1.165, 1.54) is 40.5 Å². The van der Waals surface area contributed by atoms with Gasteiger partial charge in [0.15, 0.2) is 0 Å². The minimum absolute atomic E-state index is 0.00174. The summed E-state index contributed by atoms with van der Waals surface area (Å²) in [5.41, 5.74) is 13.3. The SMILES string of the molecule is Cc1cc(S(=O)(=O)NC(=O)c2ccc(C3=CCC(Cc4ccccc4-c4ccc(Cl)cc4)CC3)cc2)ccc1N. The Morgan fingerprint density at radius 1 is 0.950 bits per heavy atom. The number of allylic oxidation sites excluding steroid dienone is 2. The van der Waals surface area contributed by atoms with E-state index in [4.69, 9.17) is 17.3 Å². The van der Waals surface area contributed by atoms with Crippen molar-refractivity contribution in [2.24, 2.45) is 5.92 Å². The lowest BCUT2D eigenvalue weighted by atomic mass is 9.82. The Bertz CT molecular complexity index is 1680. The summed E-state index contributed by atoms with van der Waals surface area (Å²) in [7, 11) is -4.00. The first-order chi connectivity index (χ1) is 19.2. The highest BCUT2D eigenvalue weighted by Gasteiger charge is 2.21. The van der Waals surface area contributed by atoms with Gasteiger partial charge in [-0.15, -0.1) is 0 Å². The fraction of sp³-hybridized carbons (Fsp3) is 0.182. The number of halogens is 1. The highest BCUT2D eigenvalue weighted by molar-refractivity contribution is 7.90. The predicted molar refractivity (Wildman–Crippen MR) is 163 cm³/mol. The molecule has 0 heterocycles. The number of carbonyl (C=O) groups excluding carboxylic acids is 1. The molecule has 1 amide bonds. The van der Waals surface area contributed by atoms with E-state index in [0.29, 0.717) is 17.2 Å². The van der Waals surface area contributed by atoms with Crippen LogP contribution in [0.5, 0.6) is 0 Å². The van der Waals surface area contributed by atoms with Crippen molar-refractivity contribution in [2.45, 2.75) is 37.5 Å². The molecule has 0 saturated carbocycles. The lowest BCUT2D eigenvalue weighted by molar-refractivity contribution is 0.0981. The number of hydrogen-bond donors (Lipinski definition) is 2. The van der Waals surface area contributed by atoms with E-state index in [2.05, 4.69) is 47.2 Å². The number of aryl methyl sites for hydroxylation is 1. The summed E-state index contributed by atoms with van der Waals surface area (Å²) in [5.74, 6) is -0.123. The molecule has 0 spiro atoms. The Morgan fingerprint density at radius 3 is 2.33 bits per heavy atom. The van der Waals surface area contributed by atoms with E-state index >= 15 is 0 Å². The highest BCUT2D eigenvalue weighted by atomic mass is 35.5. The molecule has 40 heavy (non-hydrogen) atoms. The molecule has 0 aliphatic heterocycles. The van der Waals surface area contributed by atoms with Gasteiger partial charge in [0.05, 0.1) is 4.90 Å². The summed E-state index contributed by atoms with van der Waals surface area (Å²) in [6.07, 6.45) is 6.30. The summed E-state index contributed by atoms with van der Waals surface area (Å²) >= 11 is 6.09. The minimum atomic E-state index is -4.00. The van der Waals surface area contributed by atoms with Gasteiger partial charge in [-0.1, -0.05) is 66.2 Å². The molecule has 7 heteroatoms. The van der Waals surface area contributed by atoms with Gasteiger partial charge in [-0.2, -0.15) is 0 Å². The zero-order valence-corrected chi connectivity index (χ0v) is 23.8. The average molecular weight is 571 g/mol. The van der Waals surface area contributed by atoms with Crippen LogP contribution < -0.4 is 10.5 Å². The number of nitrogens with two attached hydrogens (primary N) is 1. The van der Waals surface area contributed by atoms with E-state index in [1.807, 2.05) is 24.3 Å². The van der Waals surface area contributed by atoms with Crippen LogP contribution in [-0.4, -0.2) is 14.3 Å². The van der Waals surface area contributed by atoms with Gasteiger partial charge in [0.25, 0.3) is 15.9 Å². The first-order valence-corrected chi connectivity index (χ1v) is 15.1. The number of benzene rings is 4. The van der Waals surface area contributed by atoms with Crippen molar-refractivity contribution in [2.75, 3.05) is 5.73 Å². The third kappa shape index (κ3) is 6.30. The van der Waals surface area contributed by atoms with Crippen LogP contribution in [0.2, 0.25) is 5.02 Å². The second kappa shape index (κ2) is 11.7. The van der Waals surface area contributed by atoms with Crippen LogP contribution in [0.3, 0.4) is 0 Å². The Hall–Kier alpha value is -3.87. The largest absolute Gasteiger partial charge is 0.399 e. The molecular formula is C33H31ClN2O3S. The maximum atomic E-state index is 12.7. The molecular weight excluding hydrogens is 540 g/mol. The number of sulfonamides is 1. The Morgan fingerprint density at radius 2 is 1.65 bits per heavy atom. The summed E-state index contributed by atoms with van der Waals surface area (Å²) < 4.78 is 27.5. The molecule has 4 aromatic carbocycles. The molecule has 1 aliphatic rings. The maximum Gasteiger partial charge on any atom is 0.264 e. The van der Waals surface area contributed by atoms with Gasteiger partial charge >= 0.3 is 0 Å². The van der Waals surface area contributed by atoms with Crippen molar-refractivity contribution in [1.29, 1.82) is 0 Å². The molecule has 0 bridgehead atoms. The van der Waals surface area contributed by atoms with Crippen LogP contribution in [0.15, 0.2) is 102 Å².